The summed E-state index contributed by atoms with van der Waals surface area (Å²) in [5, 5.41) is 5.87. The zero-order valence-electron chi connectivity index (χ0n) is 12.9. The zero-order valence-corrected chi connectivity index (χ0v) is 13.7. The van der Waals surface area contributed by atoms with Gasteiger partial charge < -0.3 is 14.8 Å². The first-order valence-corrected chi connectivity index (χ1v) is 8.44. The molecule has 2 atom stereocenters. The van der Waals surface area contributed by atoms with Crippen LogP contribution in [0.5, 0.6) is 5.88 Å². The highest BCUT2D eigenvalue weighted by Gasteiger charge is 2.29. The van der Waals surface area contributed by atoms with Gasteiger partial charge in [0.05, 0.1) is 36.4 Å². The number of aromatic nitrogens is 2. The van der Waals surface area contributed by atoms with E-state index in [1.165, 1.54) is 0 Å². The number of carbonyl (C=O) groups excluding carboxylic acids is 1. The molecule has 0 saturated carbocycles. The van der Waals surface area contributed by atoms with E-state index in [9.17, 15) is 4.79 Å². The lowest BCUT2D eigenvalue weighted by atomic mass is 10.1. The van der Waals surface area contributed by atoms with Gasteiger partial charge in [-0.05, 0) is 13.0 Å². The predicted molar refractivity (Wildman–Crippen MR) is 86.6 cm³/mol. The van der Waals surface area contributed by atoms with Crippen molar-refractivity contribution in [1.82, 2.24) is 15.3 Å². The molecule has 7 heteroatoms. The smallest absolute Gasteiger partial charge is 0.226 e. The van der Waals surface area contributed by atoms with Crippen molar-refractivity contribution < 1.29 is 14.3 Å². The monoisotopic (exact) mass is 333 g/mol. The number of carbonyl (C=O) groups is 1. The third-order valence-electron chi connectivity index (χ3n) is 3.56. The Bertz CT molecular complexity index is 647. The van der Waals surface area contributed by atoms with Gasteiger partial charge in [0, 0.05) is 24.1 Å². The van der Waals surface area contributed by atoms with E-state index in [-0.39, 0.29) is 24.5 Å². The molecule has 3 heterocycles. The summed E-state index contributed by atoms with van der Waals surface area (Å²) >= 11 is 1.55. The van der Waals surface area contributed by atoms with Crippen molar-refractivity contribution in [3.63, 3.8) is 0 Å². The summed E-state index contributed by atoms with van der Waals surface area (Å²) in [6, 6.07) is 5.34. The molecule has 2 aromatic rings. The van der Waals surface area contributed by atoms with Gasteiger partial charge in [0.25, 0.3) is 0 Å². The molecule has 23 heavy (non-hydrogen) atoms. The van der Waals surface area contributed by atoms with Crippen LogP contribution in [0, 0.1) is 6.92 Å². The van der Waals surface area contributed by atoms with E-state index in [0.717, 1.165) is 17.1 Å². The highest BCUT2D eigenvalue weighted by molar-refractivity contribution is 7.09. The van der Waals surface area contributed by atoms with E-state index in [4.69, 9.17) is 9.47 Å². The van der Waals surface area contributed by atoms with Crippen LogP contribution in [0.4, 0.5) is 0 Å². The standard InChI is InChI=1S/C16H19N3O3S/c1-11-18-12(10-23-11)8-15(20)19-13-9-21-7-5-14(13)22-16-4-2-3-6-17-16/h2-4,6,10,13-14H,5,7-9H2,1H3,(H,19,20)/t13-,14-/m1/s1. The van der Waals surface area contributed by atoms with E-state index in [1.54, 1.807) is 17.5 Å². The maximum atomic E-state index is 12.2. The Balaban J connectivity index is 1.58. The molecule has 6 nitrogen and oxygen atoms in total. The fourth-order valence-corrected chi connectivity index (χ4v) is 3.09. The first kappa shape index (κ1) is 15.9. The summed E-state index contributed by atoms with van der Waals surface area (Å²) in [7, 11) is 0. The Morgan fingerprint density at radius 2 is 2.43 bits per heavy atom. The molecular weight excluding hydrogens is 314 g/mol. The van der Waals surface area contributed by atoms with Gasteiger partial charge in [-0.15, -0.1) is 11.3 Å². The van der Waals surface area contributed by atoms with E-state index >= 15 is 0 Å². The molecule has 3 rings (SSSR count). The Kier molecular flexibility index (Phi) is 5.19. The first-order valence-electron chi connectivity index (χ1n) is 7.56. The number of amides is 1. The SMILES string of the molecule is Cc1nc(CC(=O)N[C@@H]2COCC[C@H]2Oc2ccccn2)cs1. The van der Waals surface area contributed by atoms with Crippen molar-refractivity contribution in [3.05, 3.63) is 40.5 Å². The number of rotatable bonds is 5. The van der Waals surface area contributed by atoms with Crippen LogP contribution in [0.1, 0.15) is 17.1 Å². The minimum Gasteiger partial charge on any atom is -0.472 e. The van der Waals surface area contributed by atoms with Crippen molar-refractivity contribution in [2.45, 2.75) is 31.9 Å². The highest BCUT2D eigenvalue weighted by atomic mass is 32.1. The van der Waals surface area contributed by atoms with Crippen LogP contribution in [0.3, 0.4) is 0 Å². The summed E-state index contributed by atoms with van der Waals surface area (Å²) in [6.07, 6.45) is 2.54. The lowest BCUT2D eigenvalue weighted by molar-refractivity contribution is -0.123. The van der Waals surface area contributed by atoms with Crippen molar-refractivity contribution in [1.29, 1.82) is 0 Å². The molecule has 122 valence electrons. The number of thiazole rings is 1. The van der Waals surface area contributed by atoms with Gasteiger partial charge in [0.1, 0.15) is 6.10 Å². The minimum atomic E-state index is -0.182. The number of hydrogen-bond donors (Lipinski definition) is 1. The van der Waals surface area contributed by atoms with E-state index in [2.05, 4.69) is 15.3 Å². The summed E-state index contributed by atoms with van der Waals surface area (Å²) in [5.74, 6) is 0.495. The topological polar surface area (TPSA) is 73.3 Å². The number of pyridine rings is 1. The molecule has 1 saturated heterocycles. The number of nitrogens with zero attached hydrogens (tertiary/aromatic N) is 2. The molecule has 0 aliphatic carbocycles. The van der Waals surface area contributed by atoms with Gasteiger partial charge in [-0.2, -0.15) is 0 Å². The lowest BCUT2D eigenvalue weighted by Gasteiger charge is -2.32. The molecule has 0 unspecified atom stereocenters. The van der Waals surface area contributed by atoms with Crippen LogP contribution < -0.4 is 10.1 Å². The average Bonchev–Trinajstić information content (AvgIpc) is 2.95. The van der Waals surface area contributed by atoms with Crippen molar-refractivity contribution in [3.8, 4) is 5.88 Å². The van der Waals surface area contributed by atoms with Gasteiger partial charge in [-0.3, -0.25) is 4.79 Å². The summed E-state index contributed by atoms with van der Waals surface area (Å²) in [5.41, 5.74) is 0.795. The molecule has 2 aromatic heterocycles. The molecule has 1 fully saturated rings. The second-order valence-electron chi connectivity index (χ2n) is 5.40. The number of hydrogen-bond acceptors (Lipinski definition) is 6. The maximum absolute atomic E-state index is 12.2. The largest absolute Gasteiger partial charge is 0.472 e. The predicted octanol–water partition coefficient (Wildman–Crippen LogP) is 1.74. The molecule has 1 N–H and O–H groups in total. The molecule has 1 amide bonds. The van der Waals surface area contributed by atoms with Crippen LogP contribution in [0.2, 0.25) is 0 Å². The molecular formula is C16H19N3O3S. The Hall–Kier alpha value is -1.99. The van der Waals surface area contributed by atoms with Gasteiger partial charge >= 0.3 is 0 Å². The highest BCUT2D eigenvalue weighted by Crippen LogP contribution is 2.16. The van der Waals surface area contributed by atoms with Crippen LogP contribution >= 0.6 is 11.3 Å². The van der Waals surface area contributed by atoms with Crippen molar-refractivity contribution >= 4 is 17.2 Å². The Morgan fingerprint density at radius 1 is 1.52 bits per heavy atom. The summed E-state index contributed by atoms with van der Waals surface area (Å²) in [4.78, 5) is 20.7. The molecule has 0 aromatic carbocycles. The second kappa shape index (κ2) is 7.52. The summed E-state index contributed by atoms with van der Waals surface area (Å²) in [6.45, 7) is 2.99. The number of aryl methyl sites for hydroxylation is 1. The van der Waals surface area contributed by atoms with E-state index < -0.39 is 0 Å². The van der Waals surface area contributed by atoms with Crippen molar-refractivity contribution in [2.75, 3.05) is 13.2 Å². The minimum absolute atomic E-state index is 0.0691. The lowest BCUT2D eigenvalue weighted by Crippen LogP contribution is -2.52. The molecule has 0 spiro atoms. The van der Waals surface area contributed by atoms with Gasteiger partial charge in [0.15, 0.2) is 0 Å². The molecule has 0 radical (unpaired) electrons. The first-order chi connectivity index (χ1) is 11.2. The van der Waals surface area contributed by atoms with E-state index in [0.29, 0.717) is 19.1 Å². The van der Waals surface area contributed by atoms with Gasteiger partial charge in [-0.1, -0.05) is 6.07 Å². The normalized spacial score (nSPS) is 20.9. The average molecular weight is 333 g/mol. The fourth-order valence-electron chi connectivity index (χ4n) is 2.48. The Morgan fingerprint density at radius 3 is 3.17 bits per heavy atom. The van der Waals surface area contributed by atoms with Crippen LogP contribution in [-0.2, 0) is 16.0 Å². The van der Waals surface area contributed by atoms with Crippen LogP contribution in [0.15, 0.2) is 29.8 Å². The van der Waals surface area contributed by atoms with Gasteiger partial charge in [-0.25, -0.2) is 9.97 Å². The van der Waals surface area contributed by atoms with Crippen LogP contribution in [0.25, 0.3) is 0 Å². The number of nitrogens with one attached hydrogen (secondary N) is 1. The quantitative estimate of drug-likeness (QED) is 0.902. The van der Waals surface area contributed by atoms with Gasteiger partial charge in [0.2, 0.25) is 11.8 Å². The third kappa shape index (κ3) is 4.49. The third-order valence-corrected chi connectivity index (χ3v) is 4.38. The maximum Gasteiger partial charge on any atom is 0.226 e. The zero-order chi connectivity index (χ0) is 16.1. The second-order valence-corrected chi connectivity index (χ2v) is 6.46. The number of ether oxygens (including phenoxy) is 2. The van der Waals surface area contributed by atoms with E-state index in [1.807, 2.05) is 30.5 Å². The molecule has 1 aliphatic heterocycles. The fraction of sp³-hybridized carbons (Fsp3) is 0.438. The summed E-state index contributed by atoms with van der Waals surface area (Å²) < 4.78 is 11.4. The van der Waals surface area contributed by atoms with Crippen LogP contribution in [-0.4, -0.2) is 41.2 Å². The molecule has 0 bridgehead atoms. The van der Waals surface area contributed by atoms with Crippen molar-refractivity contribution in [2.24, 2.45) is 0 Å². The molecule has 1 aliphatic rings. The Labute approximate surface area is 138 Å².